The lowest BCUT2D eigenvalue weighted by molar-refractivity contribution is 0.581. The summed E-state index contributed by atoms with van der Waals surface area (Å²) < 4.78 is 27.8. The van der Waals surface area contributed by atoms with Gasteiger partial charge in [0, 0.05) is 22.7 Å². The molecule has 0 bridgehead atoms. The summed E-state index contributed by atoms with van der Waals surface area (Å²) in [6.45, 7) is 0.257. The Bertz CT molecular complexity index is 870. The van der Waals surface area contributed by atoms with E-state index < -0.39 is 10.0 Å². The molecular weight excluding hydrogens is 352 g/mol. The minimum Gasteiger partial charge on any atom is -0.361 e. The maximum absolute atomic E-state index is 12.2. The van der Waals surface area contributed by atoms with Crippen LogP contribution in [-0.2, 0) is 16.6 Å². The van der Waals surface area contributed by atoms with E-state index in [4.69, 9.17) is 0 Å². The Hall–Kier alpha value is -1.63. The summed E-state index contributed by atoms with van der Waals surface area (Å²) in [6, 6.07) is 14.4. The fraction of sp³-hybridized carbons (Fsp3) is 0.0667. The largest absolute Gasteiger partial charge is 0.361 e. The van der Waals surface area contributed by atoms with Crippen molar-refractivity contribution in [2.24, 2.45) is 0 Å². The van der Waals surface area contributed by atoms with Gasteiger partial charge in [-0.1, -0.05) is 28.1 Å². The Balaban J connectivity index is 1.78. The van der Waals surface area contributed by atoms with Gasteiger partial charge in [0.15, 0.2) is 0 Å². The Morgan fingerprint density at radius 2 is 1.81 bits per heavy atom. The number of nitrogens with one attached hydrogen (secondary N) is 2. The molecule has 0 saturated heterocycles. The number of aromatic amines is 1. The minimum absolute atomic E-state index is 0.256. The van der Waals surface area contributed by atoms with Crippen LogP contribution in [-0.4, -0.2) is 13.4 Å². The highest BCUT2D eigenvalue weighted by Crippen LogP contribution is 2.16. The topological polar surface area (TPSA) is 62.0 Å². The molecule has 0 aliphatic rings. The fourth-order valence-electron chi connectivity index (χ4n) is 2.08. The molecule has 3 aromatic rings. The van der Waals surface area contributed by atoms with Crippen LogP contribution in [0.25, 0.3) is 10.9 Å². The highest BCUT2D eigenvalue weighted by atomic mass is 79.9. The Labute approximate surface area is 131 Å². The zero-order valence-corrected chi connectivity index (χ0v) is 13.4. The zero-order valence-electron chi connectivity index (χ0n) is 11.0. The number of aromatic nitrogens is 1. The molecule has 2 aromatic carbocycles. The molecule has 1 heterocycles. The smallest absolute Gasteiger partial charge is 0.240 e. The molecule has 0 saturated carbocycles. The van der Waals surface area contributed by atoms with Crippen molar-refractivity contribution in [2.75, 3.05) is 0 Å². The molecule has 0 radical (unpaired) electrons. The van der Waals surface area contributed by atoms with Crippen LogP contribution in [0, 0.1) is 0 Å². The number of sulfonamides is 1. The van der Waals surface area contributed by atoms with Crippen molar-refractivity contribution in [3.8, 4) is 0 Å². The fourth-order valence-corrected chi connectivity index (χ4v) is 3.36. The third-order valence-corrected chi connectivity index (χ3v) is 5.16. The molecule has 1 aromatic heterocycles. The normalized spacial score (nSPS) is 11.9. The molecular formula is C15H13BrN2O2S. The van der Waals surface area contributed by atoms with Crippen molar-refractivity contribution >= 4 is 36.9 Å². The van der Waals surface area contributed by atoms with E-state index in [1.165, 1.54) is 0 Å². The van der Waals surface area contributed by atoms with Crippen molar-refractivity contribution in [1.82, 2.24) is 9.71 Å². The average molecular weight is 365 g/mol. The van der Waals surface area contributed by atoms with Gasteiger partial charge in [0.1, 0.15) is 0 Å². The second-order valence-electron chi connectivity index (χ2n) is 4.68. The van der Waals surface area contributed by atoms with E-state index in [-0.39, 0.29) is 11.4 Å². The summed E-state index contributed by atoms with van der Waals surface area (Å²) in [5.74, 6) is 0. The van der Waals surface area contributed by atoms with Gasteiger partial charge < -0.3 is 4.98 Å². The monoisotopic (exact) mass is 364 g/mol. The van der Waals surface area contributed by atoms with Crippen molar-refractivity contribution in [1.29, 1.82) is 0 Å². The van der Waals surface area contributed by atoms with E-state index in [9.17, 15) is 8.42 Å². The highest BCUT2D eigenvalue weighted by molar-refractivity contribution is 9.10. The van der Waals surface area contributed by atoms with E-state index in [0.29, 0.717) is 0 Å². The summed E-state index contributed by atoms with van der Waals surface area (Å²) in [5.41, 5.74) is 1.90. The lowest BCUT2D eigenvalue weighted by atomic mass is 10.2. The van der Waals surface area contributed by atoms with Crippen LogP contribution >= 0.6 is 15.9 Å². The van der Waals surface area contributed by atoms with Crippen LogP contribution in [0.4, 0.5) is 0 Å². The zero-order chi connectivity index (χ0) is 14.9. The van der Waals surface area contributed by atoms with Crippen molar-refractivity contribution in [3.05, 3.63) is 64.8 Å². The number of benzene rings is 2. The Kier molecular flexibility index (Phi) is 3.84. The van der Waals surface area contributed by atoms with Crippen molar-refractivity contribution in [2.45, 2.75) is 11.4 Å². The summed E-state index contributed by atoms with van der Waals surface area (Å²) in [7, 11) is -3.50. The average Bonchev–Trinajstić information content (AvgIpc) is 2.93. The summed E-state index contributed by atoms with van der Waals surface area (Å²) in [5, 5.41) is 1.11. The van der Waals surface area contributed by atoms with Gasteiger partial charge in [-0.25, -0.2) is 13.1 Å². The first kappa shape index (κ1) is 14.3. The van der Waals surface area contributed by atoms with Gasteiger partial charge in [-0.2, -0.15) is 0 Å². The van der Waals surface area contributed by atoms with E-state index in [2.05, 4.69) is 25.6 Å². The first-order chi connectivity index (χ1) is 10.0. The molecule has 0 aliphatic carbocycles. The van der Waals surface area contributed by atoms with Gasteiger partial charge in [0.2, 0.25) is 10.0 Å². The van der Waals surface area contributed by atoms with E-state index in [0.717, 1.165) is 20.9 Å². The van der Waals surface area contributed by atoms with E-state index in [1.54, 1.807) is 24.3 Å². The molecule has 0 spiro atoms. The number of rotatable bonds is 4. The Morgan fingerprint density at radius 1 is 1.05 bits per heavy atom. The highest BCUT2D eigenvalue weighted by Gasteiger charge is 2.13. The third-order valence-electron chi connectivity index (χ3n) is 3.21. The van der Waals surface area contributed by atoms with Crippen LogP contribution in [0.1, 0.15) is 5.56 Å². The van der Waals surface area contributed by atoms with Gasteiger partial charge in [-0.3, -0.25) is 0 Å². The van der Waals surface area contributed by atoms with Crippen LogP contribution in [0.5, 0.6) is 0 Å². The first-order valence-corrected chi connectivity index (χ1v) is 8.63. The maximum Gasteiger partial charge on any atom is 0.240 e. The molecule has 6 heteroatoms. The van der Waals surface area contributed by atoms with Gasteiger partial charge in [0.05, 0.1) is 4.90 Å². The van der Waals surface area contributed by atoms with Crippen molar-refractivity contribution in [3.63, 3.8) is 0 Å². The van der Waals surface area contributed by atoms with E-state index in [1.807, 2.05) is 30.5 Å². The molecule has 0 amide bonds. The first-order valence-electron chi connectivity index (χ1n) is 6.36. The molecule has 0 fully saturated rings. The lowest BCUT2D eigenvalue weighted by Gasteiger charge is -2.07. The standard InChI is InChI=1S/C15H13BrN2O2S/c16-13-3-5-14(6-4-13)21(19,20)18-10-11-1-2-12-7-8-17-15(12)9-11/h1-9,17-18H,10H2. The maximum atomic E-state index is 12.2. The second-order valence-corrected chi connectivity index (χ2v) is 7.36. The van der Waals surface area contributed by atoms with Crippen LogP contribution in [0.15, 0.2) is 64.1 Å². The quantitative estimate of drug-likeness (QED) is 0.744. The van der Waals surface area contributed by atoms with Gasteiger partial charge in [-0.15, -0.1) is 0 Å². The van der Waals surface area contributed by atoms with Crippen molar-refractivity contribution < 1.29 is 8.42 Å². The van der Waals surface area contributed by atoms with Gasteiger partial charge in [0.25, 0.3) is 0 Å². The Morgan fingerprint density at radius 3 is 2.57 bits per heavy atom. The molecule has 0 atom stereocenters. The molecule has 0 unspecified atom stereocenters. The number of hydrogen-bond acceptors (Lipinski definition) is 2. The number of fused-ring (bicyclic) bond motifs is 1. The SMILES string of the molecule is O=S(=O)(NCc1ccc2cc[nH]c2c1)c1ccc(Br)cc1. The number of halogens is 1. The summed E-state index contributed by atoms with van der Waals surface area (Å²) in [6.07, 6.45) is 1.86. The third kappa shape index (κ3) is 3.18. The molecule has 21 heavy (non-hydrogen) atoms. The molecule has 0 aliphatic heterocycles. The predicted octanol–water partition coefficient (Wildman–Crippen LogP) is 3.41. The molecule has 3 rings (SSSR count). The second kappa shape index (κ2) is 5.63. The summed E-state index contributed by atoms with van der Waals surface area (Å²) in [4.78, 5) is 3.37. The molecule has 4 nitrogen and oxygen atoms in total. The van der Waals surface area contributed by atoms with Crippen LogP contribution in [0.3, 0.4) is 0 Å². The lowest BCUT2D eigenvalue weighted by Crippen LogP contribution is -2.23. The molecule has 2 N–H and O–H groups in total. The number of H-pyrrole nitrogens is 1. The van der Waals surface area contributed by atoms with Crippen LogP contribution in [0.2, 0.25) is 0 Å². The number of hydrogen-bond donors (Lipinski definition) is 2. The van der Waals surface area contributed by atoms with Gasteiger partial charge in [-0.05, 0) is 47.3 Å². The molecule has 108 valence electrons. The predicted molar refractivity (Wildman–Crippen MR) is 86.5 cm³/mol. The van der Waals surface area contributed by atoms with Gasteiger partial charge >= 0.3 is 0 Å². The van der Waals surface area contributed by atoms with E-state index >= 15 is 0 Å². The minimum atomic E-state index is -3.50. The summed E-state index contributed by atoms with van der Waals surface area (Å²) >= 11 is 3.29. The van der Waals surface area contributed by atoms with Crippen LogP contribution < -0.4 is 4.72 Å².